The Labute approximate surface area is 145 Å². The molecule has 25 heavy (non-hydrogen) atoms. The Balaban J connectivity index is 1.51. The second-order valence-corrected chi connectivity index (χ2v) is 6.65. The van der Waals surface area contributed by atoms with Crippen LogP contribution >= 0.6 is 0 Å². The molecule has 0 aliphatic heterocycles. The number of aromatic nitrogens is 1. The third-order valence-electron chi connectivity index (χ3n) is 5.00. The van der Waals surface area contributed by atoms with E-state index in [0.717, 1.165) is 19.3 Å². The molecule has 4 rings (SSSR count). The van der Waals surface area contributed by atoms with Crippen molar-refractivity contribution in [1.29, 1.82) is 0 Å². The molecule has 1 heterocycles. The molecule has 0 saturated heterocycles. The highest BCUT2D eigenvalue weighted by Crippen LogP contribution is 2.34. The first-order valence-electron chi connectivity index (χ1n) is 8.59. The highest BCUT2D eigenvalue weighted by Gasteiger charge is 2.22. The van der Waals surface area contributed by atoms with Gasteiger partial charge in [0.1, 0.15) is 0 Å². The minimum Gasteiger partial charge on any atom is -0.408 e. The zero-order valence-electron chi connectivity index (χ0n) is 14.1. The van der Waals surface area contributed by atoms with Crippen molar-refractivity contribution < 1.29 is 9.21 Å². The summed E-state index contributed by atoms with van der Waals surface area (Å²) in [6.45, 7) is 0. The number of carbonyl (C=O) groups is 1. The largest absolute Gasteiger partial charge is 0.419 e. The number of fused-ring (bicyclic) bond motifs is 2. The van der Waals surface area contributed by atoms with Crippen LogP contribution in [0.5, 0.6) is 0 Å². The van der Waals surface area contributed by atoms with Crippen molar-refractivity contribution in [3.63, 3.8) is 0 Å². The topological polar surface area (TPSA) is 64.2 Å². The van der Waals surface area contributed by atoms with Crippen molar-refractivity contribution in [2.75, 3.05) is 5.32 Å². The van der Waals surface area contributed by atoms with E-state index < -0.39 is 5.76 Å². The predicted molar refractivity (Wildman–Crippen MR) is 96.8 cm³/mol. The van der Waals surface area contributed by atoms with Gasteiger partial charge in [0.05, 0.1) is 5.52 Å². The van der Waals surface area contributed by atoms with Gasteiger partial charge in [-0.1, -0.05) is 24.3 Å². The molecular weight excluding hydrogens is 316 g/mol. The van der Waals surface area contributed by atoms with E-state index >= 15 is 0 Å². The van der Waals surface area contributed by atoms with Crippen molar-refractivity contribution in [3.05, 3.63) is 64.1 Å². The molecule has 0 spiro atoms. The number of rotatable bonds is 3. The molecule has 0 bridgehead atoms. The molecule has 5 heteroatoms. The smallest absolute Gasteiger partial charge is 0.408 e. The Morgan fingerprint density at radius 2 is 2.12 bits per heavy atom. The number of anilines is 1. The standard InChI is InChI=1S/C20H20N2O3/c1-22-17-12-15(9-10-18(17)25-20(22)24)21-19(23)11-14-7-4-6-13-5-2-3-8-16(13)14/h2-3,5,8-10,12,14H,4,6-7,11H2,1H3,(H,21,23). The number of nitrogens with one attached hydrogen (secondary N) is 1. The number of oxazole rings is 1. The van der Waals surface area contributed by atoms with E-state index in [0.29, 0.717) is 23.2 Å². The quantitative estimate of drug-likeness (QED) is 0.795. The molecule has 1 aliphatic rings. The third-order valence-corrected chi connectivity index (χ3v) is 5.00. The summed E-state index contributed by atoms with van der Waals surface area (Å²) in [5, 5.41) is 2.95. The zero-order chi connectivity index (χ0) is 17.4. The van der Waals surface area contributed by atoms with Crippen LogP contribution in [0.15, 0.2) is 51.7 Å². The number of benzene rings is 2. The first kappa shape index (κ1) is 15.7. The summed E-state index contributed by atoms with van der Waals surface area (Å²) < 4.78 is 6.55. The van der Waals surface area contributed by atoms with Crippen LogP contribution in [0.4, 0.5) is 5.69 Å². The molecule has 1 aromatic heterocycles. The fourth-order valence-corrected chi connectivity index (χ4v) is 3.71. The average Bonchev–Trinajstić information content (AvgIpc) is 2.90. The second-order valence-electron chi connectivity index (χ2n) is 6.65. The monoisotopic (exact) mass is 336 g/mol. The SMILES string of the molecule is Cn1c(=O)oc2ccc(NC(=O)CC3CCCc4ccccc43)cc21. The summed E-state index contributed by atoms with van der Waals surface area (Å²) in [5.41, 5.74) is 4.54. The number of hydrogen-bond acceptors (Lipinski definition) is 3. The minimum absolute atomic E-state index is 0.00505. The molecule has 0 saturated carbocycles. The first-order chi connectivity index (χ1) is 12.1. The fraction of sp³-hybridized carbons (Fsp3) is 0.300. The Bertz CT molecular complexity index is 1000. The van der Waals surface area contributed by atoms with E-state index in [1.54, 1.807) is 25.2 Å². The van der Waals surface area contributed by atoms with E-state index in [1.165, 1.54) is 15.7 Å². The summed E-state index contributed by atoms with van der Waals surface area (Å²) in [5.74, 6) is -0.140. The van der Waals surface area contributed by atoms with Crippen molar-refractivity contribution in [3.8, 4) is 0 Å². The highest BCUT2D eigenvalue weighted by molar-refractivity contribution is 5.93. The molecule has 1 atom stereocenters. The van der Waals surface area contributed by atoms with Gasteiger partial charge >= 0.3 is 5.76 Å². The van der Waals surface area contributed by atoms with E-state index in [9.17, 15) is 9.59 Å². The molecule has 0 radical (unpaired) electrons. The Kier molecular flexibility index (Phi) is 3.92. The fourth-order valence-electron chi connectivity index (χ4n) is 3.71. The lowest BCUT2D eigenvalue weighted by molar-refractivity contribution is -0.116. The number of carbonyl (C=O) groups excluding carboxylic acids is 1. The third kappa shape index (κ3) is 2.97. The summed E-state index contributed by atoms with van der Waals surface area (Å²) in [6, 6.07) is 13.6. The van der Waals surface area contributed by atoms with Gasteiger partial charge in [-0.15, -0.1) is 0 Å². The van der Waals surface area contributed by atoms with Crippen LogP contribution in [0.1, 0.15) is 36.3 Å². The van der Waals surface area contributed by atoms with Crippen LogP contribution in [0, 0.1) is 0 Å². The van der Waals surface area contributed by atoms with Gasteiger partial charge in [-0.05, 0) is 54.5 Å². The maximum Gasteiger partial charge on any atom is 0.419 e. The number of amides is 1. The van der Waals surface area contributed by atoms with E-state index in [2.05, 4.69) is 23.5 Å². The van der Waals surface area contributed by atoms with Crippen molar-refractivity contribution in [2.24, 2.45) is 7.05 Å². The number of hydrogen-bond donors (Lipinski definition) is 1. The lowest BCUT2D eigenvalue weighted by Crippen LogP contribution is -2.18. The maximum absolute atomic E-state index is 12.5. The Morgan fingerprint density at radius 1 is 1.28 bits per heavy atom. The van der Waals surface area contributed by atoms with E-state index in [1.807, 2.05) is 6.07 Å². The van der Waals surface area contributed by atoms with Gasteiger partial charge in [0, 0.05) is 19.2 Å². The van der Waals surface area contributed by atoms with Crippen molar-refractivity contribution in [1.82, 2.24) is 4.57 Å². The van der Waals surface area contributed by atoms with Gasteiger partial charge in [0.2, 0.25) is 5.91 Å². The molecule has 5 nitrogen and oxygen atoms in total. The normalized spacial score (nSPS) is 16.6. The molecule has 3 aromatic rings. The van der Waals surface area contributed by atoms with Crippen LogP contribution < -0.4 is 11.1 Å². The number of nitrogens with zero attached hydrogens (tertiary/aromatic N) is 1. The lowest BCUT2D eigenvalue weighted by Gasteiger charge is -2.25. The zero-order valence-corrected chi connectivity index (χ0v) is 14.1. The van der Waals surface area contributed by atoms with Gasteiger partial charge in [0.15, 0.2) is 5.58 Å². The summed E-state index contributed by atoms with van der Waals surface area (Å²) in [7, 11) is 1.65. The van der Waals surface area contributed by atoms with Gasteiger partial charge in [-0.25, -0.2) is 4.79 Å². The molecule has 128 valence electrons. The molecular formula is C20H20N2O3. The summed E-state index contributed by atoms with van der Waals surface area (Å²) in [4.78, 5) is 24.1. The molecule has 1 amide bonds. The van der Waals surface area contributed by atoms with Crippen LogP contribution in [0.3, 0.4) is 0 Å². The predicted octanol–water partition coefficient (Wildman–Crippen LogP) is 3.58. The van der Waals surface area contributed by atoms with Gasteiger partial charge in [0.25, 0.3) is 0 Å². The molecule has 1 aliphatic carbocycles. The Morgan fingerprint density at radius 3 is 3.00 bits per heavy atom. The molecule has 2 aromatic carbocycles. The molecule has 0 fully saturated rings. The summed E-state index contributed by atoms with van der Waals surface area (Å²) in [6.07, 6.45) is 3.73. The highest BCUT2D eigenvalue weighted by atomic mass is 16.4. The van der Waals surface area contributed by atoms with Crippen LogP contribution in [0.25, 0.3) is 11.1 Å². The number of aryl methyl sites for hydroxylation is 2. The molecule has 1 N–H and O–H groups in total. The first-order valence-corrected chi connectivity index (χ1v) is 8.59. The van der Waals surface area contributed by atoms with Crippen LogP contribution in [0.2, 0.25) is 0 Å². The van der Waals surface area contributed by atoms with Gasteiger partial charge < -0.3 is 9.73 Å². The summed E-state index contributed by atoms with van der Waals surface area (Å²) >= 11 is 0. The van der Waals surface area contributed by atoms with Crippen molar-refractivity contribution in [2.45, 2.75) is 31.6 Å². The van der Waals surface area contributed by atoms with E-state index in [4.69, 9.17) is 4.42 Å². The van der Waals surface area contributed by atoms with Crippen molar-refractivity contribution >= 4 is 22.7 Å². The average molecular weight is 336 g/mol. The van der Waals surface area contributed by atoms with Crippen LogP contribution in [-0.2, 0) is 18.3 Å². The second kappa shape index (κ2) is 6.24. The molecule has 1 unspecified atom stereocenters. The Hall–Kier alpha value is -2.82. The minimum atomic E-state index is -0.405. The van der Waals surface area contributed by atoms with Gasteiger partial charge in [-0.2, -0.15) is 0 Å². The van der Waals surface area contributed by atoms with E-state index in [-0.39, 0.29) is 11.8 Å². The maximum atomic E-state index is 12.5. The lowest BCUT2D eigenvalue weighted by atomic mass is 9.81. The van der Waals surface area contributed by atoms with Crippen LogP contribution in [-0.4, -0.2) is 10.5 Å². The van der Waals surface area contributed by atoms with Gasteiger partial charge in [-0.3, -0.25) is 9.36 Å².